The van der Waals surface area contributed by atoms with Gasteiger partial charge in [-0.2, -0.15) is 5.26 Å². The van der Waals surface area contributed by atoms with Crippen molar-refractivity contribution in [3.63, 3.8) is 0 Å². The van der Waals surface area contributed by atoms with E-state index in [2.05, 4.69) is 11.4 Å². The van der Waals surface area contributed by atoms with Crippen LogP contribution in [0.3, 0.4) is 0 Å². The second kappa shape index (κ2) is 4.67. The minimum atomic E-state index is -0.682. The molecule has 1 amide bonds. The van der Waals surface area contributed by atoms with Crippen LogP contribution in [-0.4, -0.2) is 11.4 Å². The first-order valence-corrected chi connectivity index (χ1v) is 6.81. The van der Waals surface area contributed by atoms with Crippen LogP contribution in [0.15, 0.2) is 5.38 Å². The molecule has 1 aliphatic rings. The highest BCUT2D eigenvalue weighted by Crippen LogP contribution is 2.31. The number of thiophene rings is 1. The van der Waals surface area contributed by atoms with Gasteiger partial charge in [-0.15, -0.1) is 11.3 Å². The van der Waals surface area contributed by atoms with E-state index in [1.807, 2.05) is 12.3 Å². The summed E-state index contributed by atoms with van der Waals surface area (Å²) in [6.07, 6.45) is 3.45. The van der Waals surface area contributed by atoms with Crippen molar-refractivity contribution >= 4 is 28.8 Å². The van der Waals surface area contributed by atoms with Gasteiger partial charge < -0.3 is 5.32 Å². The Bertz CT molecular complexity index is 483. The number of nitriles is 1. The third-order valence-electron chi connectivity index (χ3n) is 3.13. The summed E-state index contributed by atoms with van der Waals surface area (Å²) in [6, 6.07) is 2.23. The number of hydrogen-bond donors (Lipinski definition) is 1. The third kappa shape index (κ3) is 2.31. The Morgan fingerprint density at radius 2 is 2.24 bits per heavy atom. The largest absolute Gasteiger partial charge is 0.333 e. The maximum Gasteiger partial charge on any atom is 0.264 e. The fourth-order valence-corrected chi connectivity index (χ4v) is 3.27. The molecule has 1 N–H and O–H groups in total. The van der Waals surface area contributed by atoms with Crippen LogP contribution in [0.25, 0.3) is 0 Å². The highest BCUT2D eigenvalue weighted by atomic mass is 35.5. The van der Waals surface area contributed by atoms with Crippen molar-refractivity contribution in [3.05, 3.63) is 20.8 Å². The molecule has 3 nitrogen and oxygen atoms in total. The molecule has 0 bridgehead atoms. The predicted molar refractivity (Wildman–Crippen MR) is 68.3 cm³/mol. The second-order valence-corrected chi connectivity index (χ2v) is 5.67. The summed E-state index contributed by atoms with van der Waals surface area (Å²) in [5.74, 6) is -0.225. The summed E-state index contributed by atoms with van der Waals surface area (Å²) in [5, 5.41) is 14.4. The molecule has 90 valence electrons. The van der Waals surface area contributed by atoms with Gasteiger partial charge in [0.2, 0.25) is 0 Å². The van der Waals surface area contributed by atoms with Gasteiger partial charge in [-0.05, 0) is 43.6 Å². The number of nitrogens with zero attached hydrogens (tertiary/aromatic N) is 1. The van der Waals surface area contributed by atoms with Crippen molar-refractivity contribution in [3.8, 4) is 6.07 Å². The maximum absolute atomic E-state index is 12.1. The van der Waals surface area contributed by atoms with E-state index in [0.29, 0.717) is 9.90 Å². The van der Waals surface area contributed by atoms with E-state index in [1.165, 1.54) is 11.3 Å². The predicted octanol–water partition coefficient (Wildman–Crippen LogP) is 3.28. The highest BCUT2D eigenvalue weighted by molar-refractivity contribution is 7.13. The second-order valence-electron chi connectivity index (χ2n) is 4.42. The molecule has 0 radical (unpaired) electrons. The van der Waals surface area contributed by atoms with Crippen LogP contribution in [0.4, 0.5) is 0 Å². The molecule has 0 spiro atoms. The normalized spacial score (nSPS) is 17.7. The van der Waals surface area contributed by atoms with E-state index in [-0.39, 0.29) is 5.91 Å². The molecule has 0 saturated heterocycles. The number of amides is 1. The molecule has 0 unspecified atom stereocenters. The number of hydrogen-bond acceptors (Lipinski definition) is 3. The molecule has 2 rings (SSSR count). The summed E-state index contributed by atoms with van der Waals surface area (Å²) in [5.41, 5.74) is 0.220. The van der Waals surface area contributed by atoms with Crippen LogP contribution in [0.5, 0.6) is 0 Å². The van der Waals surface area contributed by atoms with Crippen LogP contribution in [0.1, 0.15) is 40.9 Å². The first kappa shape index (κ1) is 12.4. The van der Waals surface area contributed by atoms with Crippen LogP contribution in [0, 0.1) is 18.3 Å². The molecule has 17 heavy (non-hydrogen) atoms. The van der Waals surface area contributed by atoms with Gasteiger partial charge in [-0.25, -0.2) is 0 Å². The average molecular weight is 269 g/mol. The number of rotatable bonds is 2. The van der Waals surface area contributed by atoms with Gasteiger partial charge in [-0.1, -0.05) is 11.6 Å². The Kier molecular flexibility index (Phi) is 3.41. The van der Waals surface area contributed by atoms with E-state index >= 15 is 0 Å². The molecule has 1 saturated carbocycles. The van der Waals surface area contributed by atoms with Crippen LogP contribution >= 0.6 is 22.9 Å². The summed E-state index contributed by atoms with van der Waals surface area (Å²) < 4.78 is 0. The molecule has 1 aliphatic carbocycles. The zero-order chi connectivity index (χ0) is 12.5. The smallest absolute Gasteiger partial charge is 0.264 e. The SMILES string of the molecule is Cc1csc(C(=O)NC2(C#N)CCCC2)c1Cl. The lowest BCUT2D eigenvalue weighted by Gasteiger charge is -2.21. The fraction of sp³-hybridized carbons (Fsp3) is 0.500. The highest BCUT2D eigenvalue weighted by Gasteiger charge is 2.36. The first-order valence-electron chi connectivity index (χ1n) is 5.55. The lowest BCUT2D eigenvalue weighted by molar-refractivity contribution is 0.0925. The van der Waals surface area contributed by atoms with E-state index in [4.69, 9.17) is 11.6 Å². The van der Waals surface area contributed by atoms with Crippen LogP contribution < -0.4 is 5.32 Å². The van der Waals surface area contributed by atoms with Crippen molar-refractivity contribution in [1.82, 2.24) is 5.32 Å². The summed E-state index contributed by atoms with van der Waals surface area (Å²) in [6.45, 7) is 1.87. The number of nitrogens with one attached hydrogen (secondary N) is 1. The monoisotopic (exact) mass is 268 g/mol. The molecule has 1 heterocycles. The van der Waals surface area contributed by atoms with E-state index in [1.54, 1.807) is 0 Å². The van der Waals surface area contributed by atoms with E-state index < -0.39 is 5.54 Å². The number of aryl methyl sites for hydroxylation is 1. The van der Waals surface area contributed by atoms with Crippen molar-refractivity contribution in [2.45, 2.75) is 38.1 Å². The summed E-state index contributed by atoms with van der Waals surface area (Å²) in [7, 11) is 0. The van der Waals surface area contributed by atoms with Gasteiger partial charge in [0.25, 0.3) is 5.91 Å². The van der Waals surface area contributed by atoms with E-state index in [9.17, 15) is 10.1 Å². The zero-order valence-corrected chi connectivity index (χ0v) is 11.1. The van der Waals surface area contributed by atoms with Gasteiger partial charge in [-0.3, -0.25) is 4.79 Å². The standard InChI is InChI=1S/C12H13ClN2OS/c1-8-6-17-10(9(8)13)11(16)15-12(7-14)4-2-3-5-12/h6H,2-5H2,1H3,(H,15,16). The zero-order valence-electron chi connectivity index (χ0n) is 9.55. The Balaban J connectivity index is 2.17. The fourth-order valence-electron chi connectivity index (χ4n) is 2.10. The molecular weight excluding hydrogens is 256 g/mol. The lowest BCUT2D eigenvalue weighted by Crippen LogP contribution is -2.44. The Hall–Kier alpha value is -1.05. The van der Waals surface area contributed by atoms with Gasteiger partial charge in [0.15, 0.2) is 0 Å². The van der Waals surface area contributed by atoms with Gasteiger partial charge in [0, 0.05) is 0 Å². The molecule has 0 atom stereocenters. The molecule has 0 aromatic carbocycles. The molecule has 1 aromatic heterocycles. The Labute approximate surface area is 109 Å². The van der Waals surface area contributed by atoms with Crippen molar-refractivity contribution in [1.29, 1.82) is 5.26 Å². The summed E-state index contributed by atoms with van der Waals surface area (Å²) >= 11 is 7.37. The molecule has 1 aromatic rings. The topological polar surface area (TPSA) is 52.9 Å². The molecule has 1 fully saturated rings. The van der Waals surface area contributed by atoms with Gasteiger partial charge in [0.05, 0.1) is 11.1 Å². The first-order chi connectivity index (χ1) is 8.08. The molecule has 5 heteroatoms. The minimum Gasteiger partial charge on any atom is -0.333 e. The number of carbonyl (C=O) groups is 1. The lowest BCUT2D eigenvalue weighted by atomic mass is 10.00. The van der Waals surface area contributed by atoms with Crippen molar-refractivity contribution in [2.24, 2.45) is 0 Å². The maximum atomic E-state index is 12.1. The molecular formula is C12H13ClN2OS. The quantitative estimate of drug-likeness (QED) is 0.895. The number of carbonyl (C=O) groups excluding carboxylic acids is 1. The van der Waals surface area contributed by atoms with Crippen molar-refractivity contribution in [2.75, 3.05) is 0 Å². The van der Waals surface area contributed by atoms with Crippen LogP contribution in [-0.2, 0) is 0 Å². The molecule has 0 aliphatic heterocycles. The minimum absolute atomic E-state index is 0.225. The van der Waals surface area contributed by atoms with Crippen molar-refractivity contribution < 1.29 is 4.79 Å². The Morgan fingerprint density at radius 3 is 2.71 bits per heavy atom. The Morgan fingerprint density at radius 1 is 1.59 bits per heavy atom. The van der Waals surface area contributed by atoms with Gasteiger partial charge in [0.1, 0.15) is 10.4 Å². The van der Waals surface area contributed by atoms with Crippen LogP contribution in [0.2, 0.25) is 5.02 Å². The average Bonchev–Trinajstić information content (AvgIpc) is 2.89. The number of halogens is 1. The van der Waals surface area contributed by atoms with E-state index in [0.717, 1.165) is 31.2 Å². The third-order valence-corrected chi connectivity index (χ3v) is 4.83. The van der Waals surface area contributed by atoms with Gasteiger partial charge >= 0.3 is 0 Å². The summed E-state index contributed by atoms with van der Waals surface area (Å²) in [4.78, 5) is 12.6.